The molecule has 2 rings (SSSR count). The van der Waals surface area contributed by atoms with Crippen LogP contribution in [0, 0.1) is 0 Å². The molecule has 0 aliphatic heterocycles. The van der Waals surface area contributed by atoms with Gasteiger partial charge in [0, 0.05) is 5.02 Å². The van der Waals surface area contributed by atoms with E-state index in [-0.39, 0.29) is 0 Å². The minimum absolute atomic E-state index is 0.310. The molecule has 0 bridgehead atoms. The second-order valence-electron chi connectivity index (χ2n) is 3.86. The molecule has 0 unspecified atom stereocenters. The molecule has 2 amide bonds. The van der Waals surface area contributed by atoms with Gasteiger partial charge in [0.25, 0.3) is 0 Å². The van der Waals surface area contributed by atoms with Gasteiger partial charge >= 0.3 is 12.0 Å². The van der Waals surface area contributed by atoms with Crippen LogP contribution in [-0.2, 0) is 4.74 Å². The van der Waals surface area contributed by atoms with Crippen molar-refractivity contribution in [2.45, 2.75) is 0 Å². The molecule has 2 aromatic rings. The van der Waals surface area contributed by atoms with Gasteiger partial charge in [-0.25, -0.2) is 9.59 Å². The number of anilines is 2. The lowest BCUT2D eigenvalue weighted by molar-refractivity contribution is 0.0607. The van der Waals surface area contributed by atoms with Crippen molar-refractivity contribution in [3.63, 3.8) is 0 Å². The van der Waals surface area contributed by atoms with Gasteiger partial charge in [0.05, 0.1) is 23.5 Å². The predicted molar refractivity (Wildman–Crippen MR) is 84.8 cm³/mol. The van der Waals surface area contributed by atoms with Gasteiger partial charge in [-0.05, 0) is 29.6 Å². The Morgan fingerprint density at radius 3 is 2.57 bits per heavy atom. The molecule has 1 heterocycles. The van der Waals surface area contributed by atoms with Crippen molar-refractivity contribution in [2.75, 3.05) is 17.7 Å². The third kappa shape index (κ3) is 3.87. The van der Waals surface area contributed by atoms with E-state index in [0.29, 0.717) is 26.3 Å². The van der Waals surface area contributed by atoms with Crippen LogP contribution in [0.3, 0.4) is 0 Å². The highest BCUT2D eigenvalue weighted by Gasteiger charge is 2.16. The maximum absolute atomic E-state index is 11.9. The quantitative estimate of drug-likeness (QED) is 0.806. The van der Waals surface area contributed by atoms with E-state index in [1.54, 1.807) is 23.6 Å². The second kappa shape index (κ2) is 6.80. The smallest absolute Gasteiger partial charge is 0.350 e. The summed E-state index contributed by atoms with van der Waals surface area (Å²) in [4.78, 5) is 23.8. The number of carbonyl (C=O) groups is 2. The van der Waals surface area contributed by atoms with Gasteiger partial charge in [0.2, 0.25) is 0 Å². The number of benzene rings is 1. The first-order valence-corrected chi connectivity index (χ1v) is 7.33. The summed E-state index contributed by atoms with van der Waals surface area (Å²) < 4.78 is 4.63. The number of urea groups is 1. The first-order valence-electron chi connectivity index (χ1n) is 5.70. The Kier molecular flexibility index (Phi) is 5.06. The summed E-state index contributed by atoms with van der Waals surface area (Å²) in [6.45, 7) is 0. The Balaban J connectivity index is 2.10. The van der Waals surface area contributed by atoms with E-state index in [2.05, 4.69) is 15.4 Å². The van der Waals surface area contributed by atoms with E-state index in [4.69, 9.17) is 23.2 Å². The van der Waals surface area contributed by atoms with Crippen molar-refractivity contribution in [2.24, 2.45) is 0 Å². The lowest BCUT2D eigenvalue weighted by Crippen LogP contribution is -2.20. The fraction of sp³-hybridized carbons (Fsp3) is 0.0769. The van der Waals surface area contributed by atoms with Crippen LogP contribution >= 0.6 is 34.5 Å². The highest BCUT2D eigenvalue weighted by Crippen LogP contribution is 2.26. The monoisotopic (exact) mass is 344 g/mol. The van der Waals surface area contributed by atoms with Crippen molar-refractivity contribution in [1.29, 1.82) is 0 Å². The Bertz CT molecular complexity index is 688. The van der Waals surface area contributed by atoms with Gasteiger partial charge in [0.1, 0.15) is 4.88 Å². The van der Waals surface area contributed by atoms with E-state index in [0.717, 1.165) is 0 Å². The largest absolute Gasteiger partial charge is 0.465 e. The number of esters is 1. The number of ether oxygens (including phenoxy) is 1. The lowest BCUT2D eigenvalue weighted by Gasteiger charge is -2.09. The normalized spacial score (nSPS) is 10.0. The summed E-state index contributed by atoms with van der Waals surface area (Å²) >= 11 is 13.0. The summed E-state index contributed by atoms with van der Waals surface area (Å²) in [6, 6.07) is 5.78. The van der Waals surface area contributed by atoms with Crippen LogP contribution < -0.4 is 10.6 Å². The van der Waals surface area contributed by atoms with Gasteiger partial charge in [-0.15, -0.1) is 11.3 Å². The summed E-state index contributed by atoms with van der Waals surface area (Å²) in [5.41, 5.74) is 0.735. The molecule has 1 aromatic heterocycles. The molecule has 0 radical (unpaired) electrons. The molecular weight excluding hydrogens is 335 g/mol. The van der Waals surface area contributed by atoms with E-state index >= 15 is 0 Å². The van der Waals surface area contributed by atoms with Gasteiger partial charge < -0.3 is 15.4 Å². The number of amides is 2. The number of hydrogen-bond donors (Lipinski definition) is 2. The van der Waals surface area contributed by atoms with Gasteiger partial charge in [-0.2, -0.15) is 0 Å². The molecule has 0 aliphatic carbocycles. The van der Waals surface area contributed by atoms with Gasteiger partial charge in [-0.1, -0.05) is 23.2 Å². The van der Waals surface area contributed by atoms with Crippen molar-refractivity contribution in [3.05, 3.63) is 44.6 Å². The average Bonchev–Trinajstić information content (AvgIpc) is 2.90. The molecule has 2 N–H and O–H groups in total. The number of halogens is 2. The first-order chi connectivity index (χ1) is 10.0. The van der Waals surface area contributed by atoms with E-state index in [9.17, 15) is 9.59 Å². The van der Waals surface area contributed by atoms with E-state index < -0.39 is 12.0 Å². The zero-order chi connectivity index (χ0) is 15.4. The van der Waals surface area contributed by atoms with Crippen LogP contribution in [0.5, 0.6) is 0 Å². The van der Waals surface area contributed by atoms with Crippen LogP contribution in [-0.4, -0.2) is 19.1 Å². The predicted octanol–water partition coefficient (Wildman–Crippen LogP) is 4.49. The Morgan fingerprint density at radius 1 is 1.14 bits per heavy atom. The summed E-state index contributed by atoms with van der Waals surface area (Å²) in [5, 5.41) is 7.59. The van der Waals surface area contributed by atoms with Crippen molar-refractivity contribution in [1.82, 2.24) is 0 Å². The third-order valence-corrected chi connectivity index (χ3v) is 3.92. The summed E-state index contributed by atoms with van der Waals surface area (Å²) in [7, 11) is 1.28. The number of rotatable bonds is 3. The third-order valence-electron chi connectivity index (χ3n) is 2.46. The zero-order valence-electron chi connectivity index (χ0n) is 10.8. The first kappa shape index (κ1) is 15.6. The van der Waals surface area contributed by atoms with E-state index in [1.165, 1.54) is 24.5 Å². The highest BCUT2D eigenvalue weighted by molar-refractivity contribution is 7.12. The molecule has 21 heavy (non-hydrogen) atoms. The van der Waals surface area contributed by atoms with Crippen LogP contribution in [0.25, 0.3) is 0 Å². The average molecular weight is 345 g/mol. The topological polar surface area (TPSA) is 67.4 Å². The molecule has 1 aromatic carbocycles. The summed E-state index contributed by atoms with van der Waals surface area (Å²) in [5.74, 6) is -0.513. The number of thiophene rings is 1. The minimum atomic E-state index is -0.539. The Labute approximate surface area is 134 Å². The molecule has 5 nitrogen and oxygen atoms in total. The zero-order valence-corrected chi connectivity index (χ0v) is 13.1. The molecule has 0 spiro atoms. The lowest BCUT2D eigenvalue weighted by atomic mass is 10.3. The maximum atomic E-state index is 11.9. The van der Waals surface area contributed by atoms with Crippen LogP contribution in [0.2, 0.25) is 10.0 Å². The molecule has 0 saturated carbocycles. The Morgan fingerprint density at radius 2 is 1.86 bits per heavy atom. The molecule has 0 aliphatic rings. The SMILES string of the molecule is COC(=O)c1sccc1NC(=O)Nc1cc(Cl)ccc1Cl. The Hall–Kier alpha value is -1.76. The minimum Gasteiger partial charge on any atom is -0.465 e. The van der Waals surface area contributed by atoms with Crippen molar-refractivity contribution in [3.8, 4) is 0 Å². The van der Waals surface area contributed by atoms with Crippen molar-refractivity contribution < 1.29 is 14.3 Å². The molecule has 8 heteroatoms. The van der Waals surface area contributed by atoms with Gasteiger partial charge in [-0.3, -0.25) is 0 Å². The molecule has 0 fully saturated rings. The molecular formula is C13H10Cl2N2O3S. The maximum Gasteiger partial charge on any atom is 0.350 e. The number of hydrogen-bond acceptors (Lipinski definition) is 4. The number of nitrogens with one attached hydrogen (secondary N) is 2. The van der Waals surface area contributed by atoms with Gasteiger partial charge in [0.15, 0.2) is 0 Å². The molecule has 0 atom stereocenters. The van der Waals surface area contributed by atoms with Crippen LogP contribution in [0.4, 0.5) is 16.2 Å². The standard InChI is InChI=1S/C13H10Cl2N2O3S/c1-20-12(18)11-9(4-5-21-11)16-13(19)17-10-6-7(14)2-3-8(10)15/h2-6H,1H3,(H2,16,17,19). The fourth-order valence-electron chi connectivity index (χ4n) is 1.53. The van der Waals surface area contributed by atoms with Crippen molar-refractivity contribution >= 4 is 57.9 Å². The van der Waals surface area contributed by atoms with Crippen LogP contribution in [0.15, 0.2) is 29.6 Å². The molecule has 110 valence electrons. The number of methoxy groups -OCH3 is 1. The number of carbonyl (C=O) groups excluding carboxylic acids is 2. The highest BCUT2D eigenvalue weighted by atomic mass is 35.5. The second-order valence-corrected chi connectivity index (χ2v) is 5.62. The van der Waals surface area contributed by atoms with Crippen LogP contribution in [0.1, 0.15) is 9.67 Å². The molecule has 0 saturated heterocycles. The fourth-order valence-corrected chi connectivity index (χ4v) is 2.63. The van der Waals surface area contributed by atoms with E-state index in [1.807, 2.05) is 0 Å². The summed E-state index contributed by atoms with van der Waals surface area (Å²) in [6.07, 6.45) is 0.